The van der Waals surface area contributed by atoms with Gasteiger partial charge in [-0.2, -0.15) is 0 Å². The van der Waals surface area contributed by atoms with Gasteiger partial charge in [-0.1, -0.05) is 72.8 Å². The number of carbonyl (C=O) groups is 2. The Hall–Kier alpha value is -2.24. The summed E-state index contributed by atoms with van der Waals surface area (Å²) in [7, 11) is 0. The lowest BCUT2D eigenvalue weighted by atomic mass is 9.95. The zero-order chi connectivity index (χ0) is 22.2. The molecule has 31 heavy (non-hydrogen) atoms. The molecule has 0 heterocycles. The summed E-state index contributed by atoms with van der Waals surface area (Å²) in [5, 5.41) is 4.08. The summed E-state index contributed by atoms with van der Waals surface area (Å²) >= 11 is 12.4. The van der Waals surface area contributed by atoms with Crippen LogP contribution in [0.1, 0.15) is 44.6 Å². The van der Waals surface area contributed by atoms with Crippen LogP contribution < -0.4 is 10.1 Å². The fourth-order valence-electron chi connectivity index (χ4n) is 3.75. The normalized spacial score (nSPS) is 15.2. The van der Waals surface area contributed by atoms with Crippen molar-refractivity contribution in [3.8, 4) is 5.75 Å². The summed E-state index contributed by atoms with van der Waals surface area (Å²) < 4.78 is 5.64. The summed E-state index contributed by atoms with van der Waals surface area (Å²) in [5.41, 5.74) is 0.771. The van der Waals surface area contributed by atoms with Crippen molar-refractivity contribution in [2.45, 2.75) is 57.7 Å². The summed E-state index contributed by atoms with van der Waals surface area (Å²) in [5.74, 6) is -0.0503. The number of nitrogens with one attached hydrogen (secondary N) is 1. The van der Waals surface area contributed by atoms with Gasteiger partial charge in [0, 0.05) is 17.6 Å². The molecule has 0 aromatic heterocycles. The van der Waals surface area contributed by atoms with E-state index in [0.717, 1.165) is 31.2 Å². The van der Waals surface area contributed by atoms with Crippen LogP contribution in [0.2, 0.25) is 10.0 Å². The molecule has 7 heteroatoms. The Kier molecular flexibility index (Phi) is 8.61. The van der Waals surface area contributed by atoms with E-state index in [9.17, 15) is 9.59 Å². The Morgan fingerprint density at radius 2 is 1.68 bits per heavy atom. The molecule has 1 aliphatic carbocycles. The Morgan fingerprint density at radius 3 is 2.35 bits per heavy atom. The van der Waals surface area contributed by atoms with Gasteiger partial charge in [-0.05, 0) is 43.5 Å². The number of nitrogens with zero attached hydrogens (tertiary/aromatic N) is 1. The molecule has 3 rings (SSSR count). The third-order valence-electron chi connectivity index (χ3n) is 5.61. The van der Waals surface area contributed by atoms with Gasteiger partial charge < -0.3 is 15.0 Å². The Morgan fingerprint density at radius 1 is 1.03 bits per heavy atom. The quantitative estimate of drug-likeness (QED) is 0.583. The number of para-hydroxylation sites is 1. The van der Waals surface area contributed by atoms with E-state index in [0.29, 0.717) is 15.8 Å². The highest BCUT2D eigenvalue weighted by Gasteiger charge is 2.29. The van der Waals surface area contributed by atoms with E-state index in [4.69, 9.17) is 27.9 Å². The third kappa shape index (κ3) is 6.62. The second-order valence-electron chi connectivity index (χ2n) is 7.85. The zero-order valence-corrected chi connectivity index (χ0v) is 19.2. The van der Waals surface area contributed by atoms with Gasteiger partial charge in [0.05, 0.1) is 5.02 Å². The second kappa shape index (κ2) is 11.4. The van der Waals surface area contributed by atoms with Crippen LogP contribution in [0.5, 0.6) is 5.75 Å². The molecule has 166 valence electrons. The highest BCUT2D eigenvalue weighted by atomic mass is 35.5. The average molecular weight is 463 g/mol. The van der Waals surface area contributed by atoms with Crippen LogP contribution in [0.3, 0.4) is 0 Å². The minimum absolute atomic E-state index is 0.162. The predicted octanol–water partition coefficient (Wildman–Crippen LogP) is 5.24. The van der Waals surface area contributed by atoms with E-state index in [-0.39, 0.29) is 31.0 Å². The number of ether oxygens (including phenoxy) is 1. The predicted molar refractivity (Wildman–Crippen MR) is 123 cm³/mol. The van der Waals surface area contributed by atoms with E-state index in [2.05, 4.69) is 5.32 Å². The highest BCUT2D eigenvalue weighted by Crippen LogP contribution is 2.24. The lowest BCUT2D eigenvalue weighted by Gasteiger charge is -2.31. The van der Waals surface area contributed by atoms with Gasteiger partial charge >= 0.3 is 0 Å². The molecule has 0 spiro atoms. The van der Waals surface area contributed by atoms with E-state index in [1.165, 1.54) is 11.3 Å². The van der Waals surface area contributed by atoms with Crippen molar-refractivity contribution in [2.75, 3.05) is 6.61 Å². The average Bonchev–Trinajstić information content (AvgIpc) is 2.78. The van der Waals surface area contributed by atoms with Crippen LogP contribution in [0.4, 0.5) is 0 Å². The number of carbonyl (C=O) groups excluding carboxylic acids is 2. The third-order valence-corrected chi connectivity index (χ3v) is 6.29. The van der Waals surface area contributed by atoms with Crippen molar-refractivity contribution < 1.29 is 14.3 Å². The largest absolute Gasteiger partial charge is 0.482 e. The van der Waals surface area contributed by atoms with Gasteiger partial charge in [-0.3, -0.25) is 9.59 Å². The number of rotatable bonds is 8. The second-order valence-corrected chi connectivity index (χ2v) is 8.67. The highest BCUT2D eigenvalue weighted by molar-refractivity contribution is 6.32. The molecular formula is C24H28Cl2N2O3. The first-order valence-corrected chi connectivity index (χ1v) is 11.4. The van der Waals surface area contributed by atoms with Gasteiger partial charge in [0.25, 0.3) is 5.91 Å². The zero-order valence-electron chi connectivity index (χ0n) is 17.7. The molecule has 1 atom stereocenters. The lowest BCUT2D eigenvalue weighted by molar-refractivity contribution is -0.142. The molecular weight excluding hydrogens is 435 g/mol. The summed E-state index contributed by atoms with van der Waals surface area (Å²) in [6.45, 7) is 1.72. The van der Waals surface area contributed by atoms with Crippen molar-refractivity contribution in [1.29, 1.82) is 0 Å². The van der Waals surface area contributed by atoms with Crippen molar-refractivity contribution in [2.24, 2.45) is 0 Å². The van der Waals surface area contributed by atoms with E-state index in [1.807, 2.05) is 18.2 Å². The molecule has 0 radical (unpaired) electrons. The molecule has 0 saturated heterocycles. The van der Waals surface area contributed by atoms with Crippen molar-refractivity contribution in [3.63, 3.8) is 0 Å². The van der Waals surface area contributed by atoms with E-state index < -0.39 is 6.04 Å². The maximum atomic E-state index is 13.1. The number of halogens is 2. The van der Waals surface area contributed by atoms with Crippen LogP contribution in [-0.2, 0) is 16.1 Å². The van der Waals surface area contributed by atoms with Gasteiger partial charge in [0.1, 0.15) is 11.8 Å². The lowest BCUT2D eigenvalue weighted by Crippen LogP contribution is -2.51. The number of hydrogen-bond acceptors (Lipinski definition) is 3. The van der Waals surface area contributed by atoms with Crippen LogP contribution in [0.15, 0.2) is 48.5 Å². The van der Waals surface area contributed by atoms with Crippen molar-refractivity contribution in [1.82, 2.24) is 10.2 Å². The molecule has 2 aromatic carbocycles. The SMILES string of the molecule is CC(C(=O)NC1CCCCC1)N(Cc1ccccc1Cl)C(=O)COc1ccccc1Cl. The van der Waals surface area contributed by atoms with Crippen molar-refractivity contribution >= 4 is 35.0 Å². The van der Waals surface area contributed by atoms with Crippen LogP contribution in [0.25, 0.3) is 0 Å². The standard InChI is InChI=1S/C24H28Cl2N2O3/c1-17(24(30)27-19-10-3-2-4-11-19)28(15-18-9-5-6-12-20(18)25)23(29)16-31-22-14-8-7-13-21(22)26/h5-9,12-14,17,19H,2-4,10-11,15-16H2,1H3,(H,27,30). The molecule has 0 aliphatic heterocycles. The molecule has 1 unspecified atom stereocenters. The minimum Gasteiger partial charge on any atom is -0.482 e. The van der Waals surface area contributed by atoms with Crippen molar-refractivity contribution in [3.05, 3.63) is 64.1 Å². The summed E-state index contributed by atoms with van der Waals surface area (Å²) in [6.07, 6.45) is 5.40. The van der Waals surface area contributed by atoms with Gasteiger partial charge in [0.15, 0.2) is 6.61 Å². The summed E-state index contributed by atoms with van der Waals surface area (Å²) in [6, 6.07) is 13.8. The fourth-order valence-corrected chi connectivity index (χ4v) is 4.13. The van der Waals surface area contributed by atoms with Gasteiger partial charge in [-0.25, -0.2) is 0 Å². The van der Waals surface area contributed by atoms with E-state index >= 15 is 0 Å². The van der Waals surface area contributed by atoms with Crippen LogP contribution >= 0.6 is 23.2 Å². The molecule has 1 aliphatic rings. The monoisotopic (exact) mass is 462 g/mol. The minimum atomic E-state index is -0.666. The maximum Gasteiger partial charge on any atom is 0.261 e. The van der Waals surface area contributed by atoms with Crippen LogP contribution in [-0.4, -0.2) is 35.4 Å². The topological polar surface area (TPSA) is 58.6 Å². The molecule has 1 fully saturated rings. The Bertz CT molecular complexity index is 900. The van der Waals surface area contributed by atoms with Gasteiger partial charge in [-0.15, -0.1) is 0 Å². The first-order chi connectivity index (χ1) is 15.0. The molecule has 2 aromatic rings. The first kappa shape index (κ1) is 23.4. The van der Waals surface area contributed by atoms with Gasteiger partial charge in [0.2, 0.25) is 5.91 Å². The fraction of sp³-hybridized carbons (Fsp3) is 0.417. The number of amides is 2. The van der Waals surface area contributed by atoms with Crippen LogP contribution in [0, 0.1) is 0 Å². The van der Waals surface area contributed by atoms with E-state index in [1.54, 1.807) is 37.3 Å². The molecule has 2 amide bonds. The Balaban J connectivity index is 1.72. The smallest absolute Gasteiger partial charge is 0.261 e. The first-order valence-electron chi connectivity index (χ1n) is 10.7. The molecule has 1 N–H and O–H groups in total. The molecule has 0 bridgehead atoms. The molecule has 1 saturated carbocycles. The number of benzene rings is 2. The Labute approximate surface area is 193 Å². The number of hydrogen-bond donors (Lipinski definition) is 1. The maximum absolute atomic E-state index is 13.1. The molecule has 5 nitrogen and oxygen atoms in total. The summed E-state index contributed by atoms with van der Waals surface area (Å²) in [4.78, 5) is 27.6.